The number of carbonyl (C=O) groups is 2. The summed E-state index contributed by atoms with van der Waals surface area (Å²) in [6.45, 7) is 4.89. The van der Waals surface area contributed by atoms with Crippen LogP contribution in [-0.2, 0) is 11.2 Å². The highest BCUT2D eigenvalue weighted by Gasteiger charge is 2.25. The molecule has 2 saturated heterocycles. The number of carbonyl (C=O) groups excluding carboxylic acids is 2. The van der Waals surface area contributed by atoms with Crippen molar-refractivity contribution in [3.8, 4) is 0 Å². The highest BCUT2D eigenvalue weighted by molar-refractivity contribution is 5.92. The Balaban J connectivity index is 1.57. The third kappa shape index (κ3) is 3.26. The Morgan fingerprint density at radius 3 is 2.50 bits per heavy atom. The molecule has 1 atom stereocenters. The van der Waals surface area contributed by atoms with Crippen molar-refractivity contribution >= 4 is 11.8 Å². The summed E-state index contributed by atoms with van der Waals surface area (Å²) in [6, 6.07) is 0. The van der Waals surface area contributed by atoms with E-state index in [1.807, 2.05) is 9.80 Å². The molecule has 2 amide bonds. The van der Waals surface area contributed by atoms with E-state index in [0.717, 1.165) is 57.6 Å². The van der Waals surface area contributed by atoms with Crippen LogP contribution in [0.15, 0.2) is 12.4 Å². The summed E-state index contributed by atoms with van der Waals surface area (Å²) in [4.78, 5) is 35.9. The molecule has 2 fully saturated rings. The van der Waals surface area contributed by atoms with Gasteiger partial charge in [0.25, 0.3) is 5.91 Å². The molecule has 1 aromatic heterocycles. The molecule has 6 heteroatoms. The molecular weight excluding hydrogens is 280 g/mol. The molecule has 1 unspecified atom stereocenters. The average Bonchev–Trinajstić information content (AvgIpc) is 3.19. The van der Waals surface area contributed by atoms with E-state index >= 15 is 0 Å². The van der Waals surface area contributed by atoms with Gasteiger partial charge in [-0.3, -0.25) is 14.6 Å². The molecule has 0 bridgehead atoms. The standard InChI is InChI=1S/C16H22N4O2/c1-12(21)20-7-4-13(11-20)8-14-9-18-15(10-17-14)16(22)19-5-2-3-6-19/h9-10,13H,2-8,11H2,1H3. The fourth-order valence-electron chi connectivity index (χ4n) is 3.23. The maximum atomic E-state index is 12.2. The lowest BCUT2D eigenvalue weighted by molar-refractivity contribution is -0.127. The van der Waals surface area contributed by atoms with E-state index in [-0.39, 0.29) is 11.8 Å². The third-order valence-electron chi connectivity index (χ3n) is 4.55. The van der Waals surface area contributed by atoms with Gasteiger partial charge in [0.1, 0.15) is 5.69 Å². The van der Waals surface area contributed by atoms with E-state index in [4.69, 9.17) is 0 Å². The lowest BCUT2D eigenvalue weighted by Gasteiger charge is -2.15. The third-order valence-corrected chi connectivity index (χ3v) is 4.55. The molecule has 6 nitrogen and oxygen atoms in total. The minimum absolute atomic E-state index is 0.0137. The highest BCUT2D eigenvalue weighted by Crippen LogP contribution is 2.20. The van der Waals surface area contributed by atoms with E-state index in [0.29, 0.717) is 11.6 Å². The van der Waals surface area contributed by atoms with Crippen LogP contribution in [0, 0.1) is 5.92 Å². The van der Waals surface area contributed by atoms with Crippen molar-refractivity contribution in [2.45, 2.75) is 32.6 Å². The van der Waals surface area contributed by atoms with Gasteiger partial charge in [0.05, 0.1) is 11.9 Å². The monoisotopic (exact) mass is 302 g/mol. The maximum Gasteiger partial charge on any atom is 0.274 e. The summed E-state index contributed by atoms with van der Waals surface area (Å²) in [5, 5.41) is 0. The van der Waals surface area contributed by atoms with Crippen LogP contribution in [0.2, 0.25) is 0 Å². The Labute approximate surface area is 130 Å². The van der Waals surface area contributed by atoms with Crippen LogP contribution in [0.1, 0.15) is 42.4 Å². The first-order chi connectivity index (χ1) is 10.6. The second kappa shape index (κ2) is 6.42. The summed E-state index contributed by atoms with van der Waals surface area (Å²) in [7, 11) is 0. The van der Waals surface area contributed by atoms with Crippen LogP contribution in [-0.4, -0.2) is 57.8 Å². The minimum atomic E-state index is -0.0137. The van der Waals surface area contributed by atoms with Crippen molar-refractivity contribution in [3.63, 3.8) is 0 Å². The minimum Gasteiger partial charge on any atom is -0.343 e. The van der Waals surface area contributed by atoms with Gasteiger partial charge < -0.3 is 9.80 Å². The molecule has 0 aromatic carbocycles. The maximum absolute atomic E-state index is 12.2. The van der Waals surface area contributed by atoms with Gasteiger partial charge in [0, 0.05) is 39.3 Å². The second-order valence-electron chi connectivity index (χ2n) is 6.22. The SMILES string of the molecule is CC(=O)N1CCC(Cc2cnc(C(=O)N3CCCC3)cn2)C1. The Hall–Kier alpha value is -1.98. The zero-order valence-electron chi connectivity index (χ0n) is 13.0. The Morgan fingerprint density at radius 2 is 1.91 bits per heavy atom. The molecule has 0 saturated carbocycles. The topological polar surface area (TPSA) is 66.4 Å². The molecule has 3 heterocycles. The lowest BCUT2D eigenvalue weighted by atomic mass is 10.0. The predicted molar refractivity (Wildman–Crippen MR) is 81.2 cm³/mol. The van der Waals surface area contributed by atoms with E-state index in [2.05, 4.69) is 9.97 Å². The number of likely N-dealkylation sites (tertiary alicyclic amines) is 2. The van der Waals surface area contributed by atoms with E-state index in [1.54, 1.807) is 19.3 Å². The molecule has 118 valence electrons. The first kappa shape index (κ1) is 14.9. The van der Waals surface area contributed by atoms with Gasteiger partial charge in [-0.25, -0.2) is 4.98 Å². The fourth-order valence-corrected chi connectivity index (χ4v) is 3.23. The number of nitrogens with zero attached hydrogens (tertiary/aromatic N) is 4. The van der Waals surface area contributed by atoms with Crippen molar-refractivity contribution < 1.29 is 9.59 Å². The first-order valence-electron chi connectivity index (χ1n) is 7.99. The van der Waals surface area contributed by atoms with Crippen LogP contribution < -0.4 is 0 Å². The number of rotatable bonds is 3. The van der Waals surface area contributed by atoms with Gasteiger partial charge in [0.2, 0.25) is 5.91 Å². The molecule has 2 aliphatic heterocycles. The van der Waals surface area contributed by atoms with Crippen molar-refractivity contribution in [3.05, 3.63) is 23.8 Å². The van der Waals surface area contributed by atoms with Crippen LogP contribution in [0.4, 0.5) is 0 Å². The van der Waals surface area contributed by atoms with Crippen molar-refractivity contribution in [1.82, 2.24) is 19.8 Å². The highest BCUT2D eigenvalue weighted by atomic mass is 16.2. The van der Waals surface area contributed by atoms with Gasteiger partial charge in [-0.15, -0.1) is 0 Å². The number of hydrogen-bond acceptors (Lipinski definition) is 4. The molecular formula is C16H22N4O2. The summed E-state index contributed by atoms with van der Waals surface area (Å²) in [5.41, 5.74) is 1.33. The summed E-state index contributed by atoms with van der Waals surface area (Å²) < 4.78 is 0. The molecule has 0 N–H and O–H groups in total. The molecule has 0 radical (unpaired) electrons. The molecule has 0 spiro atoms. The first-order valence-corrected chi connectivity index (χ1v) is 7.99. The number of aromatic nitrogens is 2. The smallest absolute Gasteiger partial charge is 0.274 e. The summed E-state index contributed by atoms with van der Waals surface area (Å²) in [6.07, 6.45) is 7.27. The van der Waals surface area contributed by atoms with Crippen molar-refractivity contribution in [1.29, 1.82) is 0 Å². The number of hydrogen-bond donors (Lipinski definition) is 0. The average molecular weight is 302 g/mol. The quantitative estimate of drug-likeness (QED) is 0.839. The Kier molecular flexibility index (Phi) is 4.36. The largest absolute Gasteiger partial charge is 0.343 e. The number of amides is 2. The summed E-state index contributed by atoms with van der Waals surface area (Å²) in [5.74, 6) is 0.568. The van der Waals surface area contributed by atoms with Crippen LogP contribution in [0.3, 0.4) is 0 Å². The van der Waals surface area contributed by atoms with Gasteiger partial charge in [-0.2, -0.15) is 0 Å². The van der Waals surface area contributed by atoms with E-state index < -0.39 is 0 Å². The molecule has 3 rings (SSSR count). The molecule has 2 aliphatic rings. The van der Waals surface area contributed by atoms with Gasteiger partial charge >= 0.3 is 0 Å². The van der Waals surface area contributed by atoms with E-state index in [1.165, 1.54) is 0 Å². The zero-order valence-corrected chi connectivity index (χ0v) is 13.0. The fraction of sp³-hybridized carbons (Fsp3) is 0.625. The molecule has 0 aliphatic carbocycles. The van der Waals surface area contributed by atoms with Gasteiger partial charge in [-0.05, 0) is 31.6 Å². The van der Waals surface area contributed by atoms with Crippen LogP contribution >= 0.6 is 0 Å². The zero-order chi connectivity index (χ0) is 15.5. The molecule has 1 aromatic rings. The van der Waals surface area contributed by atoms with Crippen LogP contribution in [0.25, 0.3) is 0 Å². The molecule has 22 heavy (non-hydrogen) atoms. The Morgan fingerprint density at radius 1 is 1.14 bits per heavy atom. The summed E-state index contributed by atoms with van der Waals surface area (Å²) >= 11 is 0. The van der Waals surface area contributed by atoms with Crippen molar-refractivity contribution in [2.75, 3.05) is 26.2 Å². The van der Waals surface area contributed by atoms with E-state index in [9.17, 15) is 9.59 Å². The Bertz CT molecular complexity index is 552. The lowest BCUT2D eigenvalue weighted by Crippen LogP contribution is -2.28. The predicted octanol–water partition coefficient (Wildman–Crippen LogP) is 1.12. The normalized spacial score (nSPS) is 21.4. The van der Waals surface area contributed by atoms with Gasteiger partial charge in [-0.1, -0.05) is 0 Å². The van der Waals surface area contributed by atoms with Crippen molar-refractivity contribution in [2.24, 2.45) is 5.92 Å². The van der Waals surface area contributed by atoms with Crippen LogP contribution in [0.5, 0.6) is 0 Å². The van der Waals surface area contributed by atoms with Gasteiger partial charge in [0.15, 0.2) is 0 Å². The second-order valence-corrected chi connectivity index (χ2v) is 6.22.